The molecule has 2 aliphatic rings. The molecule has 0 radical (unpaired) electrons. The van der Waals surface area contributed by atoms with E-state index in [1.165, 1.54) is 4.70 Å². The molecular weight excluding hydrogens is 406 g/mol. The highest BCUT2D eigenvalue weighted by atomic mass is 35.5. The predicted molar refractivity (Wildman–Crippen MR) is 114 cm³/mol. The van der Waals surface area contributed by atoms with Crippen LogP contribution in [0.15, 0.2) is 59.3 Å². The van der Waals surface area contributed by atoms with Crippen LogP contribution in [-0.2, 0) is 0 Å². The number of benzene rings is 2. The van der Waals surface area contributed by atoms with Crippen LogP contribution in [-0.4, -0.2) is 34.6 Å². The van der Waals surface area contributed by atoms with E-state index in [2.05, 4.69) is 11.5 Å². The molecule has 0 saturated carbocycles. The Labute approximate surface area is 177 Å². The molecule has 1 aliphatic carbocycles. The van der Waals surface area contributed by atoms with Gasteiger partial charge in [-0.3, -0.25) is 9.59 Å². The summed E-state index contributed by atoms with van der Waals surface area (Å²) in [5.41, 5.74) is 5.39. The Kier molecular flexibility index (Phi) is 4.70. The van der Waals surface area contributed by atoms with Crippen molar-refractivity contribution in [3.8, 4) is 0 Å². The number of rotatable bonds is 2. The molecule has 1 aromatic heterocycles. The van der Waals surface area contributed by atoms with Crippen molar-refractivity contribution in [2.24, 2.45) is 0 Å². The summed E-state index contributed by atoms with van der Waals surface area (Å²) in [6.45, 7) is 1.24. The summed E-state index contributed by atoms with van der Waals surface area (Å²) in [6.07, 6.45) is 1.82. The molecule has 7 heteroatoms. The van der Waals surface area contributed by atoms with Gasteiger partial charge in [-0.05, 0) is 25.0 Å². The van der Waals surface area contributed by atoms with Crippen molar-refractivity contribution in [2.75, 3.05) is 13.1 Å². The fraction of sp³-hybridized carbons (Fsp3) is 0.227. The van der Waals surface area contributed by atoms with Crippen LogP contribution >= 0.6 is 22.9 Å². The SMILES string of the molecule is O=C1C(Cl)=C(N2CCCC(c3nc4ccccc4s3)CN2)C(=O)c2ccccc21. The maximum absolute atomic E-state index is 13.1. The minimum Gasteiger partial charge on any atom is -0.303 e. The van der Waals surface area contributed by atoms with Gasteiger partial charge in [-0.15, -0.1) is 11.3 Å². The quantitative estimate of drug-likeness (QED) is 0.657. The van der Waals surface area contributed by atoms with Gasteiger partial charge >= 0.3 is 0 Å². The summed E-state index contributed by atoms with van der Waals surface area (Å²) in [5, 5.41) is 2.84. The van der Waals surface area contributed by atoms with Crippen molar-refractivity contribution < 1.29 is 9.59 Å². The minimum atomic E-state index is -0.300. The molecule has 5 nitrogen and oxygen atoms in total. The van der Waals surface area contributed by atoms with Crippen LogP contribution in [0.1, 0.15) is 44.5 Å². The highest BCUT2D eigenvalue weighted by Gasteiger charge is 2.35. The number of hydrogen-bond donors (Lipinski definition) is 1. The van der Waals surface area contributed by atoms with Gasteiger partial charge in [-0.25, -0.2) is 10.4 Å². The van der Waals surface area contributed by atoms with Crippen LogP contribution < -0.4 is 5.43 Å². The minimum absolute atomic E-state index is 0.0142. The predicted octanol–water partition coefficient (Wildman–Crippen LogP) is 4.51. The summed E-state index contributed by atoms with van der Waals surface area (Å²) in [7, 11) is 0. The summed E-state index contributed by atoms with van der Waals surface area (Å²) in [6, 6.07) is 15.0. The Balaban J connectivity index is 1.41. The first-order valence-corrected chi connectivity index (χ1v) is 10.8. The number of Topliss-reactive ketones (excluding diaryl/α,β-unsaturated/α-hetero) is 2. The second-order valence-electron chi connectivity index (χ2n) is 7.24. The number of hydrogen-bond acceptors (Lipinski definition) is 6. The fourth-order valence-corrected chi connectivity index (χ4v) is 5.33. The molecule has 1 fully saturated rings. The molecule has 0 amide bonds. The van der Waals surface area contributed by atoms with Crippen LogP contribution in [0.3, 0.4) is 0 Å². The Morgan fingerprint density at radius 1 is 1.03 bits per heavy atom. The normalized spacial score (nSPS) is 20.2. The van der Waals surface area contributed by atoms with Gasteiger partial charge < -0.3 is 5.01 Å². The number of carbonyl (C=O) groups excluding carboxylic acids is 2. The summed E-state index contributed by atoms with van der Waals surface area (Å²) in [4.78, 5) is 30.5. The fourth-order valence-electron chi connectivity index (χ4n) is 3.94. The molecular formula is C22H18ClN3O2S. The van der Waals surface area contributed by atoms with Gasteiger partial charge in [0.1, 0.15) is 10.7 Å². The van der Waals surface area contributed by atoms with Crippen LogP contribution in [0.25, 0.3) is 10.2 Å². The van der Waals surface area contributed by atoms with Crippen molar-refractivity contribution in [3.05, 3.63) is 75.4 Å². The lowest BCUT2D eigenvalue weighted by atomic mass is 9.92. The summed E-state index contributed by atoms with van der Waals surface area (Å²) in [5.74, 6) is -0.264. The lowest BCUT2D eigenvalue weighted by Crippen LogP contribution is -2.42. The van der Waals surface area contributed by atoms with E-state index < -0.39 is 0 Å². The average molecular weight is 424 g/mol. The van der Waals surface area contributed by atoms with Gasteiger partial charge in [-0.1, -0.05) is 48.0 Å². The van der Waals surface area contributed by atoms with Crippen molar-refractivity contribution in [1.29, 1.82) is 0 Å². The van der Waals surface area contributed by atoms with Crippen LogP contribution in [0.4, 0.5) is 0 Å². The number of para-hydroxylation sites is 1. The second-order valence-corrected chi connectivity index (χ2v) is 8.68. The molecule has 1 saturated heterocycles. The Morgan fingerprint density at radius 3 is 2.55 bits per heavy atom. The maximum atomic E-state index is 13.1. The molecule has 1 unspecified atom stereocenters. The third kappa shape index (κ3) is 3.17. The monoisotopic (exact) mass is 423 g/mol. The number of nitrogens with one attached hydrogen (secondary N) is 1. The number of allylic oxidation sites excluding steroid dienone is 2. The standard InChI is InChI=1S/C22H18ClN3O2S/c23-18-19(21(28)15-8-2-1-7-14(15)20(18)27)26-11-5-6-13(12-24-26)22-25-16-9-3-4-10-17(16)29-22/h1-4,7-10,13,24H,5-6,11-12H2. The Bertz CT molecular complexity index is 1140. The molecule has 5 rings (SSSR count). The first-order valence-electron chi connectivity index (χ1n) is 9.58. The number of halogens is 1. The van der Waals surface area contributed by atoms with Gasteiger partial charge in [0.2, 0.25) is 11.6 Å². The van der Waals surface area contributed by atoms with Gasteiger partial charge in [0.05, 0.1) is 15.2 Å². The average Bonchev–Trinajstić information content (AvgIpc) is 3.03. The molecule has 1 N–H and O–H groups in total. The van der Waals surface area contributed by atoms with Gasteiger partial charge in [0, 0.05) is 30.1 Å². The zero-order valence-corrected chi connectivity index (χ0v) is 17.1. The Hall–Kier alpha value is -2.54. The van der Waals surface area contributed by atoms with Crippen molar-refractivity contribution in [2.45, 2.75) is 18.8 Å². The molecule has 3 aromatic rings. The number of thiazole rings is 1. The van der Waals surface area contributed by atoms with Gasteiger partial charge in [0.15, 0.2) is 0 Å². The van der Waals surface area contributed by atoms with Crippen molar-refractivity contribution in [3.63, 3.8) is 0 Å². The molecule has 1 atom stereocenters. The first-order chi connectivity index (χ1) is 14.1. The van der Waals surface area contributed by atoms with E-state index in [0.29, 0.717) is 24.2 Å². The number of hydrazine groups is 1. The number of fused-ring (bicyclic) bond motifs is 2. The smallest absolute Gasteiger partial charge is 0.212 e. The Morgan fingerprint density at radius 2 is 1.76 bits per heavy atom. The lowest BCUT2D eigenvalue weighted by molar-refractivity contribution is 0.0928. The molecule has 2 heterocycles. The maximum Gasteiger partial charge on any atom is 0.212 e. The third-order valence-electron chi connectivity index (χ3n) is 5.43. The highest BCUT2D eigenvalue weighted by molar-refractivity contribution is 7.18. The van der Waals surface area contributed by atoms with E-state index in [1.54, 1.807) is 40.6 Å². The van der Waals surface area contributed by atoms with Gasteiger partial charge in [0.25, 0.3) is 0 Å². The zero-order valence-electron chi connectivity index (χ0n) is 15.5. The van der Waals surface area contributed by atoms with Crippen LogP contribution in [0.5, 0.6) is 0 Å². The lowest BCUT2D eigenvalue weighted by Gasteiger charge is -2.29. The summed E-state index contributed by atoms with van der Waals surface area (Å²) < 4.78 is 1.18. The number of aromatic nitrogens is 1. The van der Waals surface area contributed by atoms with Crippen molar-refractivity contribution in [1.82, 2.24) is 15.4 Å². The van der Waals surface area contributed by atoms with Gasteiger partial charge in [-0.2, -0.15) is 0 Å². The molecule has 1 aliphatic heterocycles. The summed E-state index contributed by atoms with van der Waals surface area (Å²) >= 11 is 8.08. The first kappa shape index (κ1) is 18.5. The molecule has 0 spiro atoms. The van der Waals surface area contributed by atoms with Crippen molar-refractivity contribution >= 4 is 44.7 Å². The third-order valence-corrected chi connectivity index (χ3v) is 6.98. The number of nitrogens with zero attached hydrogens (tertiary/aromatic N) is 2. The molecule has 2 aromatic carbocycles. The van der Waals surface area contributed by atoms with E-state index in [9.17, 15) is 9.59 Å². The second kappa shape index (κ2) is 7.37. The number of ketones is 2. The van der Waals surface area contributed by atoms with E-state index in [4.69, 9.17) is 16.6 Å². The van der Waals surface area contributed by atoms with E-state index in [0.717, 1.165) is 23.4 Å². The number of carbonyl (C=O) groups is 2. The van der Waals surface area contributed by atoms with E-state index in [-0.39, 0.29) is 28.2 Å². The van der Waals surface area contributed by atoms with Crippen LogP contribution in [0, 0.1) is 0 Å². The van der Waals surface area contributed by atoms with E-state index >= 15 is 0 Å². The van der Waals surface area contributed by atoms with Crippen LogP contribution in [0.2, 0.25) is 0 Å². The molecule has 29 heavy (non-hydrogen) atoms. The largest absolute Gasteiger partial charge is 0.303 e. The van der Waals surface area contributed by atoms with E-state index in [1.807, 2.05) is 18.2 Å². The highest BCUT2D eigenvalue weighted by Crippen LogP contribution is 2.34. The molecule has 0 bridgehead atoms. The zero-order chi connectivity index (χ0) is 20.0. The molecule has 146 valence electrons. The topological polar surface area (TPSA) is 62.3 Å².